The molecule has 0 fully saturated rings. The molecule has 0 saturated heterocycles. The van der Waals surface area contributed by atoms with Gasteiger partial charge < -0.3 is 10.4 Å². The molecule has 2 N–H and O–H groups in total. The second-order valence-electron chi connectivity index (χ2n) is 3.86. The Morgan fingerprint density at radius 3 is 2.88 bits per heavy atom. The van der Waals surface area contributed by atoms with Crippen LogP contribution >= 0.6 is 0 Å². The number of rotatable bonds is 2. The molecular weight excluding hydrogens is 249 g/mol. The van der Waals surface area contributed by atoms with Gasteiger partial charge in [0.15, 0.2) is 9.84 Å². The molecule has 2 rings (SSSR count). The maximum absolute atomic E-state index is 13.0. The topological polar surface area (TPSA) is 83.5 Å². The van der Waals surface area contributed by atoms with Crippen molar-refractivity contribution in [3.05, 3.63) is 24.0 Å². The van der Waals surface area contributed by atoms with Crippen LogP contribution in [0.1, 0.15) is 6.42 Å². The van der Waals surface area contributed by atoms with E-state index in [-0.39, 0.29) is 22.8 Å². The lowest BCUT2D eigenvalue weighted by molar-refractivity contribution is -0.137. The van der Waals surface area contributed by atoms with Gasteiger partial charge in [0.05, 0.1) is 28.8 Å². The third-order valence-corrected chi connectivity index (χ3v) is 4.33. The Bertz CT molecular complexity index is 570. The van der Waals surface area contributed by atoms with Crippen LogP contribution in [0.25, 0.3) is 0 Å². The molecule has 0 aliphatic carbocycles. The minimum atomic E-state index is -3.63. The van der Waals surface area contributed by atoms with Crippen molar-refractivity contribution in [2.24, 2.45) is 0 Å². The monoisotopic (exact) mass is 259 g/mol. The second kappa shape index (κ2) is 3.99. The van der Waals surface area contributed by atoms with E-state index in [0.717, 1.165) is 12.1 Å². The Kier molecular flexibility index (Phi) is 2.78. The number of anilines is 1. The van der Waals surface area contributed by atoms with Crippen LogP contribution < -0.4 is 5.32 Å². The van der Waals surface area contributed by atoms with Crippen molar-refractivity contribution >= 4 is 21.5 Å². The first kappa shape index (κ1) is 11.8. The third-order valence-electron chi connectivity index (χ3n) is 2.48. The van der Waals surface area contributed by atoms with Crippen LogP contribution in [0.3, 0.4) is 0 Å². The smallest absolute Gasteiger partial charge is 0.305 e. The number of halogens is 1. The first-order valence-corrected chi connectivity index (χ1v) is 6.54. The highest BCUT2D eigenvalue weighted by Gasteiger charge is 2.31. The molecule has 92 valence electrons. The van der Waals surface area contributed by atoms with Crippen LogP contribution in [0.5, 0.6) is 0 Å². The zero-order chi connectivity index (χ0) is 12.6. The summed E-state index contributed by atoms with van der Waals surface area (Å²) >= 11 is 0. The SMILES string of the molecule is O=C(O)CC1CS(=O)(=O)c2cc(F)ccc2N1. The fraction of sp³-hybridized carbons (Fsp3) is 0.300. The number of carboxylic acids is 1. The zero-order valence-corrected chi connectivity index (χ0v) is 9.50. The number of carbonyl (C=O) groups is 1. The predicted octanol–water partition coefficient (Wildman–Crippen LogP) is 0.868. The fourth-order valence-corrected chi connectivity index (χ4v) is 3.47. The number of nitrogens with one attached hydrogen (secondary N) is 1. The fourth-order valence-electron chi connectivity index (χ4n) is 1.81. The van der Waals surface area contributed by atoms with E-state index in [0.29, 0.717) is 0 Å². The molecule has 17 heavy (non-hydrogen) atoms. The van der Waals surface area contributed by atoms with Gasteiger partial charge in [0, 0.05) is 0 Å². The molecule has 0 amide bonds. The van der Waals surface area contributed by atoms with E-state index in [1.54, 1.807) is 0 Å². The van der Waals surface area contributed by atoms with Gasteiger partial charge in [-0.25, -0.2) is 12.8 Å². The summed E-state index contributed by atoms with van der Waals surface area (Å²) in [5, 5.41) is 11.4. The number of fused-ring (bicyclic) bond motifs is 1. The average molecular weight is 259 g/mol. The highest BCUT2D eigenvalue weighted by molar-refractivity contribution is 7.91. The molecule has 1 aromatic rings. The molecule has 7 heteroatoms. The van der Waals surface area contributed by atoms with Gasteiger partial charge in [-0.1, -0.05) is 0 Å². The van der Waals surface area contributed by atoms with Crippen molar-refractivity contribution < 1.29 is 22.7 Å². The van der Waals surface area contributed by atoms with Crippen molar-refractivity contribution in [3.63, 3.8) is 0 Å². The molecule has 0 aromatic heterocycles. The van der Waals surface area contributed by atoms with E-state index in [4.69, 9.17) is 5.11 Å². The molecule has 0 saturated carbocycles. The van der Waals surface area contributed by atoms with E-state index in [9.17, 15) is 17.6 Å². The van der Waals surface area contributed by atoms with E-state index >= 15 is 0 Å². The number of hydrogen-bond donors (Lipinski definition) is 2. The Morgan fingerprint density at radius 2 is 2.24 bits per heavy atom. The quantitative estimate of drug-likeness (QED) is 0.823. The first-order valence-electron chi connectivity index (χ1n) is 4.89. The maximum Gasteiger partial charge on any atom is 0.305 e. The molecule has 1 aliphatic rings. The normalized spacial score (nSPS) is 21.4. The Morgan fingerprint density at radius 1 is 1.53 bits per heavy atom. The minimum Gasteiger partial charge on any atom is -0.481 e. The van der Waals surface area contributed by atoms with Crippen molar-refractivity contribution in [1.29, 1.82) is 0 Å². The molecule has 0 spiro atoms. The molecular formula is C10H10FNO4S. The summed E-state index contributed by atoms with van der Waals surface area (Å²) in [7, 11) is -3.63. The van der Waals surface area contributed by atoms with Crippen LogP contribution in [0, 0.1) is 5.82 Å². The number of benzene rings is 1. The van der Waals surface area contributed by atoms with E-state index in [1.165, 1.54) is 6.07 Å². The summed E-state index contributed by atoms with van der Waals surface area (Å²) in [6, 6.07) is 2.69. The number of aliphatic carboxylic acids is 1. The standard InChI is InChI=1S/C10H10FNO4S/c11-6-1-2-8-9(3-6)17(15,16)5-7(12-8)4-10(13)14/h1-3,7,12H,4-5H2,(H,13,14). The highest BCUT2D eigenvalue weighted by atomic mass is 32.2. The lowest BCUT2D eigenvalue weighted by atomic mass is 10.2. The van der Waals surface area contributed by atoms with Crippen molar-refractivity contribution in [3.8, 4) is 0 Å². The van der Waals surface area contributed by atoms with Gasteiger partial charge in [0.2, 0.25) is 0 Å². The Balaban J connectivity index is 2.41. The van der Waals surface area contributed by atoms with Gasteiger partial charge in [-0.05, 0) is 18.2 Å². The minimum absolute atomic E-state index is 0.112. The van der Waals surface area contributed by atoms with Crippen molar-refractivity contribution in [2.75, 3.05) is 11.1 Å². The summed E-state index contributed by atoms with van der Waals surface area (Å²) in [6.45, 7) is 0. The first-order chi connectivity index (χ1) is 7.88. The maximum atomic E-state index is 13.0. The summed E-state index contributed by atoms with van der Waals surface area (Å²) in [6.07, 6.45) is -0.296. The predicted molar refractivity (Wildman–Crippen MR) is 58.1 cm³/mol. The molecule has 1 heterocycles. The summed E-state index contributed by atoms with van der Waals surface area (Å²) in [5.74, 6) is -2.05. The van der Waals surface area contributed by atoms with Crippen molar-refractivity contribution in [2.45, 2.75) is 17.4 Å². The number of sulfone groups is 1. The van der Waals surface area contributed by atoms with Gasteiger partial charge >= 0.3 is 5.97 Å². The van der Waals surface area contributed by atoms with Gasteiger partial charge in [-0.15, -0.1) is 0 Å². The lowest BCUT2D eigenvalue weighted by Crippen LogP contribution is -2.36. The number of carboxylic acid groups (broad SMARTS) is 1. The molecule has 0 radical (unpaired) electrons. The summed E-state index contributed by atoms with van der Waals surface area (Å²) < 4.78 is 36.6. The Labute approximate surface area is 97.2 Å². The number of hydrogen-bond acceptors (Lipinski definition) is 4. The van der Waals surface area contributed by atoms with Crippen LogP contribution in [-0.4, -0.2) is 31.3 Å². The van der Waals surface area contributed by atoms with Gasteiger partial charge in [-0.3, -0.25) is 4.79 Å². The van der Waals surface area contributed by atoms with Crippen LogP contribution in [-0.2, 0) is 14.6 Å². The largest absolute Gasteiger partial charge is 0.481 e. The molecule has 5 nitrogen and oxygen atoms in total. The van der Waals surface area contributed by atoms with Crippen molar-refractivity contribution in [1.82, 2.24) is 0 Å². The van der Waals surface area contributed by atoms with Crippen LogP contribution in [0.15, 0.2) is 23.1 Å². The van der Waals surface area contributed by atoms with Gasteiger partial charge in [0.1, 0.15) is 5.82 Å². The third kappa shape index (κ3) is 2.38. The van der Waals surface area contributed by atoms with Gasteiger partial charge in [-0.2, -0.15) is 0 Å². The molecule has 1 unspecified atom stereocenters. The van der Waals surface area contributed by atoms with E-state index in [2.05, 4.69) is 5.32 Å². The second-order valence-corrected chi connectivity index (χ2v) is 5.86. The highest BCUT2D eigenvalue weighted by Crippen LogP contribution is 2.29. The van der Waals surface area contributed by atoms with Crippen LogP contribution in [0.4, 0.5) is 10.1 Å². The Hall–Kier alpha value is -1.63. The zero-order valence-electron chi connectivity index (χ0n) is 8.68. The molecule has 1 aliphatic heterocycles. The average Bonchev–Trinajstić information content (AvgIpc) is 2.17. The lowest BCUT2D eigenvalue weighted by Gasteiger charge is -2.25. The molecule has 1 atom stereocenters. The summed E-state index contributed by atoms with van der Waals surface area (Å²) in [4.78, 5) is 10.4. The van der Waals surface area contributed by atoms with E-state index in [1.807, 2.05) is 0 Å². The van der Waals surface area contributed by atoms with Crippen LogP contribution in [0.2, 0.25) is 0 Å². The van der Waals surface area contributed by atoms with E-state index < -0.39 is 27.7 Å². The molecule has 0 bridgehead atoms. The van der Waals surface area contributed by atoms with Gasteiger partial charge in [0.25, 0.3) is 0 Å². The summed E-state index contributed by atoms with van der Waals surface area (Å²) in [5.41, 5.74) is 0.254. The molecule has 1 aromatic carbocycles.